The predicted octanol–water partition coefficient (Wildman–Crippen LogP) is 3.27. The van der Waals surface area contributed by atoms with Crippen LogP contribution in [0.25, 0.3) is 0 Å². The molecule has 90 valence electrons. The molecule has 0 saturated carbocycles. The monoisotopic (exact) mass is 230 g/mol. The maximum Gasteiger partial charge on any atom is 0.118 e. The highest BCUT2D eigenvalue weighted by Crippen LogP contribution is 2.27. The normalized spacial score (nSPS) is 20.0. The van der Waals surface area contributed by atoms with E-state index >= 15 is 0 Å². The Hall–Kier alpha value is -1.54. The number of aromatic hydroxyl groups is 1. The molecule has 0 fully saturated rings. The molecule has 2 nitrogen and oxygen atoms in total. The zero-order chi connectivity index (χ0) is 12.3. The molecule has 0 amide bonds. The van der Waals surface area contributed by atoms with Gasteiger partial charge in [-0.1, -0.05) is 24.3 Å². The molecule has 1 aliphatic heterocycles. The van der Waals surface area contributed by atoms with Crippen LogP contribution < -0.4 is 0 Å². The lowest BCUT2D eigenvalue weighted by Crippen LogP contribution is -2.20. The van der Waals surface area contributed by atoms with E-state index in [1.807, 2.05) is 44.2 Å². The highest BCUT2D eigenvalue weighted by Gasteiger charge is 2.18. The van der Waals surface area contributed by atoms with Gasteiger partial charge in [0.05, 0.1) is 12.7 Å². The van der Waals surface area contributed by atoms with Gasteiger partial charge < -0.3 is 9.84 Å². The molecule has 0 radical (unpaired) electrons. The van der Waals surface area contributed by atoms with Gasteiger partial charge >= 0.3 is 0 Å². The van der Waals surface area contributed by atoms with Gasteiger partial charge in [-0.05, 0) is 42.7 Å². The van der Waals surface area contributed by atoms with E-state index in [1.54, 1.807) is 0 Å². The zero-order valence-corrected chi connectivity index (χ0v) is 10.3. The number of benzene rings is 1. The molecule has 17 heavy (non-hydrogen) atoms. The smallest absolute Gasteiger partial charge is 0.118 e. The molecule has 0 aromatic heterocycles. The summed E-state index contributed by atoms with van der Waals surface area (Å²) in [6.45, 7) is 4.52. The summed E-state index contributed by atoms with van der Waals surface area (Å²) in [5.74, 6) is 0.377. The van der Waals surface area contributed by atoms with Crippen LogP contribution in [0.3, 0.4) is 0 Å². The van der Waals surface area contributed by atoms with Crippen molar-refractivity contribution in [3.8, 4) is 5.75 Å². The van der Waals surface area contributed by atoms with Crippen LogP contribution in [-0.4, -0.2) is 11.2 Å². The van der Waals surface area contributed by atoms with Crippen LogP contribution >= 0.6 is 0 Å². The highest BCUT2D eigenvalue weighted by molar-refractivity contribution is 5.42. The molecule has 1 atom stereocenters. The third kappa shape index (κ3) is 2.77. The Morgan fingerprint density at radius 3 is 2.88 bits per heavy atom. The highest BCUT2D eigenvalue weighted by atomic mass is 16.5. The maximum absolute atomic E-state index is 9.71. The van der Waals surface area contributed by atoms with E-state index in [4.69, 9.17) is 4.74 Å². The molecule has 0 bridgehead atoms. The minimum Gasteiger partial charge on any atom is -0.508 e. The molecular weight excluding hydrogens is 212 g/mol. The molecule has 1 N–H and O–H groups in total. The Labute approximate surface area is 102 Å². The number of hydrogen-bond acceptors (Lipinski definition) is 2. The van der Waals surface area contributed by atoms with Crippen molar-refractivity contribution in [2.24, 2.45) is 0 Å². The average molecular weight is 230 g/mol. The lowest BCUT2D eigenvalue weighted by atomic mass is 9.96. The first-order valence-corrected chi connectivity index (χ1v) is 5.93. The second kappa shape index (κ2) is 5.19. The van der Waals surface area contributed by atoms with Crippen LogP contribution in [0.5, 0.6) is 5.75 Å². The Kier molecular flexibility index (Phi) is 3.64. The molecule has 0 spiro atoms. The Morgan fingerprint density at radius 1 is 1.29 bits per heavy atom. The van der Waals surface area contributed by atoms with Crippen molar-refractivity contribution in [3.05, 3.63) is 53.1 Å². The van der Waals surface area contributed by atoms with Gasteiger partial charge in [0.25, 0.3) is 0 Å². The average Bonchev–Trinajstić information content (AvgIpc) is 2.31. The van der Waals surface area contributed by atoms with Crippen LogP contribution in [-0.2, 0) is 17.8 Å². The fourth-order valence-electron chi connectivity index (χ4n) is 2.02. The summed E-state index contributed by atoms with van der Waals surface area (Å²) in [6, 6.07) is 3.88. The van der Waals surface area contributed by atoms with Crippen molar-refractivity contribution < 1.29 is 9.84 Å². The SMILES string of the molecule is CC=CC=CC1Cc2cc(O)c(C)cc2CO1. The number of phenolic OH excluding ortho intramolecular Hbond substituents is 1. The van der Waals surface area contributed by atoms with Gasteiger partial charge in [-0.15, -0.1) is 0 Å². The minimum absolute atomic E-state index is 0.112. The third-order valence-electron chi connectivity index (χ3n) is 3.02. The van der Waals surface area contributed by atoms with E-state index in [0.717, 1.165) is 12.0 Å². The molecule has 1 aromatic carbocycles. The van der Waals surface area contributed by atoms with Crippen LogP contribution in [0.4, 0.5) is 0 Å². The van der Waals surface area contributed by atoms with E-state index < -0.39 is 0 Å². The quantitative estimate of drug-likeness (QED) is 0.790. The number of allylic oxidation sites excluding steroid dienone is 3. The summed E-state index contributed by atoms with van der Waals surface area (Å²) >= 11 is 0. The van der Waals surface area contributed by atoms with Crippen LogP contribution in [0.15, 0.2) is 36.4 Å². The number of rotatable bonds is 2. The summed E-state index contributed by atoms with van der Waals surface area (Å²) in [7, 11) is 0. The first-order valence-electron chi connectivity index (χ1n) is 5.93. The van der Waals surface area contributed by atoms with Crippen molar-refractivity contribution in [1.29, 1.82) is 0 Å². The maximum atomic E-state index is 9.71. The topological polar surface area (TPSA) is 29.5 Å². The Balaban J connectivity index is 2.16. The van der Waals surface area contributed by atoms with E-state index in [0.29, 0.717) is 12.4 Å². The van der Waals surface area contributed by atoms with Crippen molar-refractivity contribution in [2.75, 3.05) is 0 Å². The van der Waals surface area contributed by atoms with E-state index in [9.17, 15) is 5.11 Å². The fraction of sp³-hybridized carbons (Fsp3) is 0.333. The van der Waals surface area contributed by atoms with Gasteiger partial charge in [0.2, 0.25) is 0 Å². The molecule has 1 heterocycles. The number of hydrogen-bond donors (Lipinski definition) is 1. The first kappa shape index (κ1) is 11.9. The molecule has 1 unspecified atom stereocenters. The number of fused-ring (bicyclic) bond motifs is 1. The second-order valence-corrected chi connectivity index (χ2v) is 4.37. The largest absolute Gasteiger partial charge is 0.508 e. The lowest BCUT2D eigenvalue weighted by molar-refractivity contribution is 0.0594. The zero-order valence-electron chi connectivity index (χ0n) is 10.3. The van der Waals surface area contributed by atoms with Gasteiger partial charge in [-0.25, -0.2) is 0 Å². The molecular formula is C15H18O2. The van der Waals surface area contributed by atoms with Crippen molar-refractivity contribution >= 4 is 0 Å². The van der Waals surface area contributed by atoms with Gasteiger partial charge in [-0.3, -0.25) is 0 Å². The number of phenols is 1. The Morgan fingerprint density at radius 2 is 2.12 bits per heavy atom. The van der Waals surface area contributed by atoms with E-state index in [-0.39, 0.29) is 6.10 Å². The lowest BCUT2D eigenvalue weighted by Gasteiger charge is -2.23. The summed E-state index contributed by atoms with van der Waals surface area (Å²) < 4.78 is 5.74. The van der Waals surface area contributed by atoms with E-state index in [2.05, 4.69) is 6.08 Å². The van der Waals surface area contributed by atoms with Gasteiger partial charge in [0.1, 0.15) is 5.75 Å². The summed E-state index contributed by atoms with van der Waals surface area (Å²) in [6.07, 6.45) is 8.98. The third-order valence-corrected chi connectivity index (χ3v) is 3.02. The predicted molar refractivity (Wildman–Crippen MR) is 69.1 cm³/mol. The molecule has 0 aliphatic carbocycles. The van der Waals surface area contributed by atoms with Crippen molar-refractivity contribution in [1.82, 2.24) is 0 Å². The van der Waals surface area contributed by atoms with Crippen LogP contribution in [0.2, 0.25) is 0 Å². The van der Waals surface area contributed by atoms with Gasteiger partial charge in [0, 0.05) is 6.42 Å². The van der Waals surface area contributed by atoms with Crippen LogP contribution in [0, 0.1) is 6.92 Å². The minimum atomic E-state index is 0.112. The summed E-state index contributed by atoms with van der Waals surface area (Å²) in [5.41, 5.74) is 3.29. The fourth-order valence-corrected chi connectivity index (χ4v) is 2.02. The summed E-state index contributed by atoms with van der Waals surface area (Å²) in [5, 5.41) is 9.71. The first-order chi connectivity index (χ1) is 8.20. The van der Waals surface area contributed by atoms with Crippen molar-refractivity contribution in [2.45, 2.75) is 33.0 Å². The van der Waals surface area contributed by atoms with Crippen LogP contribution in [0.1, 0.15) is 23.6 Å². The molecule has 1 aromatic rings. The molecule has 2 rings (SSSR count). The van der Waals surface area contributed by atoms with Gasteiger partial charge in [0.15, 0.2) is 0 Å². The molecule has 2 heteroatoms. The van der Waals surface area contributed by atoms with E-state index in [1.165, 1.54) is 11.1 Å². The molecule has 0 saturated heterocycles. The number of aryl methyl sites for hydroxylation is 1. The summed E-state index contributed by atoms with van der Waals surface area (Å²) in [4.78, 5) is 0. The van der Waals surface area contributed by atoms with Crippen molar-refractivity contribution in [3.63, 3.8) is 0 Å². The molecule has 1 aliphatic rings. The second-order valence-electron chi connectivity index (χ2n) is 4.37. The standard InChI is InChI=1S/C15H18O2/c1-3-4-5-6-14-8-12-9-15(16)11(2)7-13(12)10-17-14/h3-7,9,14,16H,8,10H2,1-2H3. The Bertz CT molecular complexity index is 458. The number of ether oxygens (including phenoxy) is 1. The van der Waals surface area contributed by atoms with Gasteiger partial charge in [-0.2, -0.15) is 0 Å².